The number of fused-ring (bicyclic) bond motifs is 1. The SMILES string of the molecule is C=C/C=C(\C(C)=C/C(C)CF)c1cnc2c(c1)n(C/C(C)=C/C/C(C)=C\N(C)C)c(=O)n2C. The Morgan fingerprint density at radius 1 is 1.27 bits per heavy atom. The lowest BCUT2D eigenvalue weighted by Gasteiger charge is -2.11. The fourth-order valence-electron chi connectivity index (χ4n) is 3.85. The molecule has 2 aromatic rings. The number of aryl methyl sites for hydroxylation is 1. The van der Waals surface area contributed by atoms with E-state index in [0.29, 0.717) is 12.2 Å². The molecule has 0 saturated heterocycles. The molecule has 0 aliphatic heterocycles. The molecule has 2 rings (SSSR count). The van der Waals surface area contributed by atoms with Crippen molar-refractivity contribution in [3.63, 3.8) is 0 Å². The van der Waals surface area contributed by atoms with Gasteiger partial charge in [-0.15, -0.1) is 0 Å². The quantitative estimate of drug-likeness (QED) is 0.345. The van der Waals surface area contributed by atoms with Crippen LogP contribution in [0.4, 0.5) is 4.39 Å². The monoisotopic (exact) mass is 452 g/mol. The summed E-state index contributed by atoms with van der Waals surface area (Å²) >= 11 is 0. The average molecular weight is 453 g/mol. The third-order valence-corrected chi connectivity index (χ3v) is 5.43. The highest BCUT2D eigenvalue weighted by molar-refractivity contribution is 5.84. The Labute approximate surface area is 196 Å². The molecule has 0 radical (unpaired) electrons. The molecule has 0 aliphatic rings. The molecular formula is C27H37FN4O. The van der Waals surface area contributed by atoms with Crippen LogP contribution in [0, 0.1) is 5.92 Å². The lowest BCUT2D eigenvalue weighted by molar-refractivity contribution is 0.429. The molecular weight excluding hydrogens is 415 g/mol. The third-order valence-electron chi connectivity index (χ3n) is 5.43. The van der Waals surface area contributed by atoms with E-state index in [1.54, 1.807) is 28.5 Å². The van der Waals surface area contributed by atoms with Crippen LogP contribution >= 0.6 is 0 Å². The average Bonchev–Trinajstić information content (AvgIpc) is 2.99. The van der Waals surface area contributed by atoms with Gasteiger partial charge < -0.3 is 4.90 Å². The molecule has 0 spiro atoms. The first-order valence-corrected chi connectivity index (χ1v) is 11.2. The molecule has 1 atom stereocenters. The molecule has 2 heterocycles. The van der Waals surface area contributed by atoms with E-state index in [9.17, 15) is 9.18 Å². The summed E-state index contributed by atoms with van der Waals surface area (Å²) in [5.41, 5.74) is 6.40. The summed E-state index contributed by atoms with van der Waals surface area (Å²) in [6.45, 7) is 11.8. The Balaban J connectivity index is 2.51. The van der Waals surface area contributed by atoms with Gasteiger partial charge in [-0.05, 0) is 50.6 Å². The van der Waals surface area contributed by atoms with Crippen molar-refractivity contribution in [2.75, 3.05) is 20.8 Å². The van der Waals surface area contributed by atoms with Crippen molar-refractivity contribution in [3.8, 4) is 0 Å². The van der Waals surface area contributed by atoms with Gasteiger partial charge >= 0.3 is 5.69 Å². The molecule has 2 aromatic heterocycles. The first-order chi connectivity index (χ1) is 15.6. The summed E-state index contributed by atoms with van der Waals surface area (Å²) in [4.78, 5) is 19.6. The van der Waals surface area contributed by atoms with Crippen LogP contribution < -0.4 is 5.69 Å². The van der Waals surface area contributed by atoms with Crippen molar-refractivity contribution in [1.82, 2.24) is 19.0 Å². The van der Waals surface area contributed by atoms with Crippen molar-refractivity contribution in [1.29, 1.82) is 0 Å². The van der Waals surface area contributed by atoms with Gasteiger partial charge in [0.05, 0.1) is 12.2 Å². The van der Waals surface area contributed by atoms with Gasteiger partial charge in [0.1, 0.15) is 0 Å². The number of hydrogen-bond donors (Lipinski definition) is 0. The van der Waals surface area contributed by atoms with Crippen LogP contribution in [-0.2, 0) is 13.6 Å². The first kappa shape index (κ1) is 26.1. The predicted molar refractivity (Wildman–Crippen MR) is 138 cm³/mol. The largest absolute Gasteiger partial charge is 0.384 e. The molecule has 0 saturated carbocycles. The second-order valence-corrected chi connectivity index (χ2v) is 8.99. The van der Waals surface area contributed by atoms with Crippen LogP contribution in [0.1, 0.15) is 39.7 Å². The predicted octanol–water partition coefficient (Wildman–Crippen LogP) is 5.66. The molecule has 1 unspecified atom stereocenters. The van der Waals surface area contributed by atoms with Crippen molar-refractivity contribution in [3.05, 3.63) is 82.1 Å². The Morgan fingerprint density at radius 2 is 1.97 bits per heavy atom. The highest BCUT2D eigenvalue weighted by atomic mass is 19.1. The van der Waals surface area contributed by atoms with Crippen molar-refractivity contribution in [2.45, 2.75) is 40.7 Å². The number of aromatic nitrogens is 3. The van der Waals surface area contributed by atoms with E-state index in [0.717, 1.165) is 34.2 Å². The maximum atomic E-state index is 13.1. The van der Waals surface area contributed by atoms with Crippen molar-refractivity contribution >= 4 is 16.7 Å². The van der Waals surface area contributed by atoms with Crippen molar-refractivity contribution < 1.29 is 4.39 Å². The summed E-state index contributed by atoms with van der Waals surface area (Å²) in [6.07, 6.45) is 12.4. The minimum atomic E-state index is -0.414. The maximum Gasteiger partial charge on any atom is 0.330 e. The van der Waals surface area contributed by atoms with Crippen LogP contribution in [0.15, 0.2) is 70.9 Å². The standard InChI is InChI=1S/C27H37FN4O/c1-9-10-24(22(5)13-21(4)15-28)23-14-25-26(29-16-23)31(8)27(33)32(25)18-20(3)12-11-19(2)17-30(6)7/h9-10,12-14,16-17,21H,1,11,15,18H2,2-8H3/b19-17-,20-12+,22-13-,24-10+. The number of allylic oxidation sites excluding steroid dienone is 8. The molecule has 0 aromatic carbocycles. The van der Waals surface area contributed by atoms with Gasteiger partial charge in [0, 0.05) is 45.4 Å². The highest BCUT2D eigenvalue weighted by Crippen LogP contribution is 2.26. The number of imidazole rings is 1. The van der Waals surface area contributed by atoms with E-state index in [1.165, 1.54) is 5.57 Å². The maximum absolute atomic E-state index is 13.1. The molecule has 5 nitrogen and oxygen atoms in total. The zero-order valence-corrected chi connectivity index (χ0v) is 21.0. The summed E-state index contributed by atoms with van der Waals surface area (Å²) in [5, 5.41) is 0. The molecule has 0 bridgehead atoms. The fourth-order valence-corrected chi connectivity index (χ4v) is 3.85. The summed E-state index contributed by atoms with van der Waals surface area (Å²) in [6, 6.07) is 1.99. The Kier molecular flexibility index (Phi) is 9.21. The second-order valence-electron chi connectivity index (χ2n) is 8.99. The van der Waals surface area contributed by atoms with Gasteiger partial charge in [-0.1, -0.05) is 49.0 Å². The minimum Gasteiger partial charge on any atom is -0.384 e. The topological polar surface area (TPSA) is 43.1 Å². The molecule has 6 heteroatoms. The van der Waals surface area contributed by atoms with Gasteiger partial charge in [0.2, 0.25) is 0 Å². The normalized spacial score (nSPS) is 14.7. The van der Waals surface area contributed by atoms with E-state index in [4.69, 9.17) is 0 Å². The Hall–Kier alpha value is -3.15. The van der Waals surface area contributed by atoms with Crippen molar-refractivity contribution in [2.24, 2.45) is 13.0 Å². The van der Waals surface area contributed by atoms with Gasteiger partial charge in [0.15, 0.2) is 5.65 Å². The van der Waals surface area contributed by atoms with Crippen LogP contribution in [0.25, 0.3) is 16.7 Å². The lowest BCUT2D eigenvalue weighted by Crippen LogP contribution is -2.22. The summed E-state index contributed by atoms with van der Waals surface area (Å²) < 4.78 is 16.4. The number of halogens is 1. The molecule has 0 amide bonds. The Morgan fingerprint density at radius 3 is 2.58 bits per heavy atom. The second kappa shape index (κ2) is 11.6. The van der Waals surface area contributed by atoms with Crippen LogP contribution in [0.2, 0.25) is 0 Å². The summed E-state index contributed by atoms with van der Waals surface area (Å²) in [7, 11) is 5.75. The zero-order valence-electron chi connectivity index (χ0n) is 21.0. The van der Waals surface area contributed by atoms with Crippen LogP contribution in [0.5, 0.6) is 0 Å². The fraction of sp³-hybridized carbons (Fsp3) is 0.407. The number of pyridine rings is 1. The number of hydrogen-bond acceptors (Lipinski definition) is 3. The van der Waals surface area contributed by atoms with Gasteiger partial charge in [-0.25, -0.2) is 9.78 Å². The van der Waals surface area contributed by atoms with Gasteiger partial charge in [-0.2, -0.15) is 0 Å². The number of nitrogens with zero attached hydrogens (tertiary/aromatic N) is 4. The molecule has 0 aliphatic carbocycles. The van der Waals surface area contributed by atoms with E-state index < -0.39 is 6.67 Å². The molecule has 0 fully saturated rings. The summed E-state index contributed by atoms with van der Waals surface area (Å²) in [5.74, 6) is -0.178. The minimum absolute atomic E-state index is 0.101. The van der Waals surface area contributed by atoms with E-state index >= 15 is 0 Å². The zero-order chi connectivity index (χ0) is 24.7. The first-order valence-electron chi connectivity index (χ1n) is 11.2. The van der Waals surface area contributed by atoms with Gasteiger partial charge in [-0.3, -0.25) is 13.5 Å². The van der Waals surface area contributed by atoms with Gasteiger partial charge in [0.25, 0.3) is 0 Å². The number of alkyl halides is 1. The lowest BCUT2D eigenvalue weighted by atomic mass is 9.97. The van der Waals surface area contributed by atoms with E-state index in [-0.39, 0.29) is 11.6 Å². The molecule has 178 valence electrons. The smallest absolute Gasteiger partial charge is 0.330 e. The highest BCUT2D eigenvalue weighted by Gasteiger charge is 2.15. The van der Waals surface area contributed by atoms with Crippen LogP contribution in [-0.4, -0.2) is 39.8 Å². The molecule has 0 N–H and O–H groups in total. The van der Waals surface area contributed by atoms with Crippen LogP contribution in [0.3, 0.4) is 0 Å². The third kappa shape index (κ3) is 6.67. The number of rotatable bonds is 10. The van der Waals surface area contributed by atoms with E-state index in [2.05, 4.69) is 30.8 Å². The Bertz CT molecular complexity index is 1170. The van der Waals surface area contributed by atoms with E-state index in [1.807, 2.05) is 58.0 Å². The molecule has 33 heavy (non-hydrogen) atoms.